The van der Waals surface area contributed by atoms with Crippen molar-refractivity contribution in [3.8, 4) is 6.07 Å². The molecule has 1 heterocycles. The van der Waals surface area contributed by atoms with Crippen molar-refractivity contribution >= 4 is 21.6 Å². The average molecular weight is 347 g/mol. The van der Waals surface area contributed by atoms with Crippen molar-refractivity contribution in [2.24, 2.45) is 7.05 Å². The second-order valence-electron chi connectivity index (χ2n) is 6.08. The van der Waals surface area contributed by atoms with Gasteiger partial charge in [0.05, 0.1) is 16.9 Å². The Balaban J connectivity index is 2.25. The maximum Gasteiger partial charge on any atom is 0.101 e. The second kappa shape index (κ2) is 5.90. The molecule has 0 unspecified atom stereocenters. The molecule has 0 radical (unpaired) electrons. The molecule has 0 aliphatic heterocycles. The molecule has 0 aliphatic rings. The highest BCUT2D eigenvalue weighted by molar-refractivity contribution is 9.10. The van der Waals surface area contributed by atoms with Gasteiger partial charge in [0.2, 0.25) is 0 Å². The van der Waals surface area contributed by atoms with Crippen LogP contribution in [0.25, 0.3) is 0 Å². The lowest BCUT2D eigenvalue weighted by molar-refractivity contribution is 0.549. The van der Waals surface area contributed by atoms with Gasteiger partial charge < -0.3 is 5.32 Å². The molecule has 0 amide bonds. The van der Waals surface area contributed by atoms with E-state index in [1.165, 1.54) is 0 Å². The van der Waals surface area contributed by atoms with Crippen LogP contribution in [-0.4, -0.2) is 9.78 Å². The smallest absolute Gasteiger partial charge is 0.101 e. The van der Waals surface area contributed by atoms with E-state index in [0.717, 1.165) is 21.4 Å². The van der Waals surface area contributed by atoms with E-state index in [2.05, 4.69) is 53.2 Å². The van der Waals surface area contributed by atoms with Gasteiger partial charge in [0.1, 0.15) is 6.07 Å². The van der Waals surface area contributed by atoms with E-state index < -0.39 is 0 Å². The van der Waals surface area contributed by atoms with Crippen molar-refractivity contribution in [3.63, 3.8) is 0 Å². The minimum atomic E-state index is -0.00635. The molecule has 21 heavy (non-hydrogen) atoms. The molecule has 0 bridgehead atoms. The Labute approximate surface area is 133 Å². The molecule has 1 N–H and O–H groups in total. The van der Waals surface area contributed by atoms with Crippen LogP contribution in [-0.2, 0) is 19.0 Å². The maximum atomic E-state index is 9.17. The number of halogens is 1. The van der Waals surface area contributed by atoms with Crippen LogP contribution >= 0.6 is 15.9 Å². The highest BCUT2D eigenvalue weighted by Crippen LogP contribution is 2.26. The van der Waals surface area contributed by atoms with Crippen LogP contribution in [0.3, 0.4) is 0 Å². The predicted octanol–water partition coefficient (Wildman–Crippen LogP) is 3.96. The summed E-state index contributed by atoms with van der Waals surface area (Å²) in [7, 11) is 1.93. The van der Waals surface area contributed by atoms with Crippen molar-refractivity contribution < 1.29 is 0 Å². The van der Waals surface area contributed by atoms with Gasteiger partial charge in [-0.1, -0.05) is 36.7 Å². The topological polar surface area (TPSA) is 53.6 Å². The molecule has 0 fully saturated rings. The summed E-state index contributed by atoms with van der Waals surface area (Å²) >= 11 is 3.44. The summed E-state index contributed by atoms with van der Waals surface area (Å²) in [6.07, 6.45) is 2.03. The van der Waals surface area contributed by atoms with Crippen LogP contribution in [0, 0.1) is 11.3 Å². The van der Waals surface area contributed by atoms with E-state index >= 15 is 0 Å². The molecule has 0 aliphatic carbocycles. The third-order valence-electron chi connectivity index (χ3n) is 3.19. The number of aromatic nitrogens is 2. The number of nitrogens with one attached hydrogen (secondary N) is 1. The molecule has 2 aromatic rings. The van der Waals surface area contributed by atoms with Crippen LogP contribution < -0.4 is 5.32 Å². The number of benzene rings is 1. The van der Waals surface area contributed by atoms with Crippen molar-refractivity contribution in [1.82, 2.24) is 9.78 Å². The monoisotopic (exact) mass is 346 g/mol. The van der Waals surface area contributed by atoms with Gasteiger partial charge in [-0.3, -0.25) is 4.68 Å². The molecule has 0 spiro atoms. The first-order chi connectivity index (χ1) is 9.81. The number of hydrogen-bond acceptors (Lipinski definition) is 3. The average Bonchev–Trinajstić information content (AvgIpc) is 2.78. The number of hydrogen-bond donors (Lipinski definition) is 1. The summed E-state index contributed by atoms with van der Waals surface area (Å²) in [6.45, 7) is 7.10. The summed E-state index contributed by atoms with van der Waals surface area (Å²) in [5, 5.41) is 17.1. The van der Waals surface area contributed by atoms with E-state index in [1.807, 2.05) is 30.1 Å². The maximum absolute atomic E-state index is 9.17. The number of anilines is 1. The number of rotatable bonds is 3. The molecular weight excluding hydrogens is 328 g/mol. The first kappa shape index (κ1) is 15.6. The van der Waals surface area contributed by atoms with Crippen LogP contribution in [0.2, 0.25) is 0 Å². The standard InChI is InChI=1S/C16H19BrN4/c1-16(2,3)15-12(10-21(4)20-15)9-19-14-7-13(17)6-5-11(14)8-18/h5-7,10,19H,9H2,1-4H3. The van der Waals surface area contributed by atoms with E-state index in [9.17, 15) is 5.26 Å². The number of aryl methyl sites for hydroxylation is 1. The molecule has 0 atom stereocenters. The Bertz CT molecular complexity index is 689. The summed E-state index contributed by atoms with van der Waals surface area (Å²) in [5.74, 6) is 0. The van der Waals surface area contributed by atoms with Gasteiger partial charge in [0, 0.05) is 35.2 Å². The number of nitriles is 1. The predicted molar refractivity (Wildman–Crippen MR) is 88.1 cm³/mol. The highest BCUT2D eigenvalue weighted by atomic mass is 79.9. The van der Waals surface area contributed by atoms with Crippen LogP contribution in [0.5, 0.6) is 0 Å². The lowest BCUT2D eigenvalue weighted by Gasteiger charge is -2.18. The Morgan fingerprint density at radius 2 is 2.10 bits per heavy atom. The largest absolute Gasteiger partial charge is 0.380 e. The minimum absolute atomic E-state index is 0.00635. The lowest BCUT2D eigenvalue weighted by atomic mass is 9.89. The molecule has 5 heteroatoms. The quantitative estimate of drug-likeness (QED) is 0.914. The lowest BCUT2D eigenvalue weighted by Crippen LogP contribution is -2.16. The fourth-order valence-electron chi connectivity index (χ4n) is 2.25. The normalized spacial score (nSPS) is 11.2. The van der Waals surface area contributed by atoms with E-state index in [0.29, 0.717) is 12.1 Å². The fraction of sp³-hybridized carbons (Fsp3) is 0.375. The summed E-state index contributed by atoms with van der Waals surface area (Å²) < 4.78 is 2.79. The Hall–Kier alpha value is -1.80. The molecule has 110 valence electrons. The fourth-order valence-corrected chi connectivity index (χ4v) is 2.61. The van der Waals surface area contributed by atoms with E-state index in [-0.39, 0.29) is 5.41 Å². The first-order valence-electron chi connectivity index (χ1n) is 6.78. The highest BCUT2D eigenvalue weighted by Gasteiger charge is 2.21. The Kier molecular flexibility index (Phi) is 4.38. The van der Waals surface area contributed by atoms with Gasteiger partial charge >= 0.3 is 0 Å². The van der Waals surface area contributed by atoms with Crippen molar-refractivity contribution in [2.75, 3.05) is 5.32 Å². The molecule has 4 nitrogen and oxygen atoms in total. The first-order valence-corrected chi connectivity index (χ1v) is 7.57. The molecule has 1 aromatic heterocycles. The van der Waals surface area contributed by atoms with Gasteiger partial charge in [-0.25, -0.2) is 0 Å². The second-order valence-corrected chi connectivity index (χ2v) is 7.00. The van der Waals surface area contributed by atoms with Gasteiger partial charge in [0.15, 0.2) is 0 Å². The van der Waals surface area contributed by atoms with Crippen LogP contribution in [0.1, 0.15) is 37.6 Å². The Morgan fingerprint density at radius 1 is 1.38 bits per heavy atom. The zero-order chi connectivity index (χ0) is 15.6. The van der Waals surface area contributed by atoms with Crippen molar-refractivity contribution in [1.29, 1.82) is 5.26 Å². The van der Waals surface area contributed by atoms with Gasteiger partial charge in [-0.2, -0.15) is 10.4 Å². The SMILES string of the molecule is Cn1cc(CNc2cc(Br)ccc2C#N)c(C(C)(C)C)n1. The van der Waals surface area contributed by atoms with E-state index in [4.69, 9.17) is 0 Å². The molecule has 0 saturated heterocycles. The molecular formula is C16H19BrN4. The van der Waals surface area contributed by atoms with Crippen molar-refractivity contribution in [3.05, 3.63) is 45.7 Å². The third kappa shape index (κ3) is 3.64. The molecule has 0 saturated carbocycles. The zero-order valence-corrected chi connectivity index (χ0v) is 14.3. The molecule has 2 rings (SSSR count). The minimum Gasteiger partial charge on any atom is -0.380 e. The molecule has 1 aromatic carbocycles. The Morgan fingerprint density at radius 3 is 2.71 bits per heavy atom. The third-order valence-corrected chi connectivity index (χ3v) is 3.68. The number of nitrogens with zero attached hydrogens (tertiary/aromatic N) is 3. The van der Waals surface area contributed by atoms with Gasteiger partial charge in [0.25, 0.3) is 0 Å². The van der Waals surface area contributed by atoms with Crippen molar-refractivity contribution in [2.45, 2.75) is 32.7 Å². The summed E-state index contributed by atoms with van der Waals surface area (Å²) in [5.41, 5.74) is 3.68. The summed E-state index contributed by atoms with van der Waals surface area (Å²) in [4.78, 5) is 0. The van der Waals surface area contributed by atoms with Crippen LogP contribution in [0.15, 0.2) is 28.9 Å². The zero-order valence-electron chi connectivity index (χ0n) is 12.7. The van der Waals surface area contributed by atoms with E-state index in [1.54, 1.807) is 6.07 Å². The van der Waals surface area contributed by atoms with Crippen LogP contribution in [0.4, 0.5) is 5.69 Å². The van der Waals surface area contributed by atoms with Gasteiger partial charge in [-0.15, -0.1) is 0 Å². The van der Waals surface area contributed by atoms with Gasteiger partial charge in [-0.05, 0) is 18.2 Å². The summed E-state index contributed by atoms with van der Waals surface area (Å²) in [6, 6.07) is 7.80.